The molecule has 5 heterocycles. The van der Waals surface area contributed by atoms with Crippen LogP contribution in [0.25, 0.3) is 28.2 Å². The molecule has 1 aliphatic heterocycles. The van der Waals surface area contributed by atoms with Gasteiger partial charge in [-0.1, -0.05) is 6.07 Å². The predicted molar refractivity (Wildman–Crippen MR) is 156 cm³/mol. The van der Waals surface area contributed by atoms with E-state index in [-0.39, 0.29) is 18.5 Å². The Bertz CT molecular complexity index is 1750. The highest BCUT2D eigenvalue weighted by molar-refractivity contribution is 5.93. The molecule has 0 atom stereocenters. The van der Waals surface area contributed by atoms with Crippen LogP contribution in [0.4, 0.5) is 11.6 Å². The van der Waals surface area contributed by atoms with E-state index in [2.05, 4.69) is 35.9 Å². The lowest BCUT2D eigenvalue weighted by atomic mass is 10.2. The van der Waals surface area contributed by atoms with Gasteiger partial charge in [0, 0.05) is 51.2 Å². The van der Waals surface area contributed by atoms with Gasteiger partial charge in [0.25, 0.3) is 0 Å². The maximum atomic E-state index is 11.5. The normalized spacial score (nSPS) is 13.9. The summed E-state index contributed by atoms with van der Waals surface area (Å²) in [5, 5.41) is 15.1. The molecule has 1 saturated heterocycles. The molecule has 1 aromatic carbocycles. The van der Waals surface area contributed by atoms with Crippen LogP contribution in [0.15, 0.2) is 54.7 Å². The van der Waals surface area contributed by atoms with Crippen LogP contribution < -0.4 is 15.4 Å². The van der Waals surface area contributed by atoms with Crippen molar-refractivity contribution in [2.24, 2.45) is 0 Å². The molecule has 0 bridgehead atoms. The van der Waals surface area contributed by atoms with Gasteiger partial charge in [0.1, 0.15) is 28.9 Å². The number of piperazine rings is 1. The van der Waals surface area contributed by atoms with Crippen LogP contribution in [0.3, 0.4) is 0 Å². The van der Waals surface area contributed by atoms with E-state index >= 15 is 0 Å². The van der Waals surface area contributed by atoms with E-state index in [0.717, 1.165) is 43.8 Å². The fourth-order valence-corrected chi connectivity index (χ4v) is 5.12. The van der Waals surface area contributed by atoms with Gasteiger partial charge in [-0.3, -0.25) is 9.88 Å². The number of carbonyl (C=O) groups excluding carboxylic acids is 1. The molecular weight excluding hydrogens is 536 g/mol. The Morgan fingerprint density at radius 3 is 2.57 bits per heavy atom. The first kappa shape index (κ1) is 27.0. The quantitative estimate of drug-likeness (QED) is 0.262. The number of pyridine rings is 1. The van der Waals surface area contributed by atoms with Crippen LogP contribution in [-0.4, -0.2) is 85.9 Å². The van der Waals surface area contributed by atoms with Gasteiger partial charge >= 0.3 is 5.97 Å². The summed E-state index contributed by atoms with van der Waals surface area (Å²) in [6.07, 6.45) is 1.68. The van der Waals surface area contributed by atoms with Gasteiger partial charge in [0.05, 0.1) is 12.0 Å². The summed E-state index contributed by atoms with van der Waals surface area (Å²) in [5.74, 6) is 0.887. The fourth-order valence-electron chi connectivity index (χ4n) is 5.12. The number of ether oxygens (including phenoxy) is 2. The first-order chi connectivity index (χ1) is 20.5. The second-order valence-electron chi connectivity index (χ2n) is 9.80. The van der Waals surface area contributed by atoms with Gasteiger partial charge in [-0.15, -0.1) is 5.10 Å². The minimum absolute atomic E-state index is 0.103. The monoisotopic (exact) mass is 566 g/mol. The topological polar surface area (TPSA) is 153 Å². The lowest BCUT2D eigenvalue weighted by Gasteiger charge is -2.36. The molecule has 214 valence electrons. The third-order valence-corrected chi connectivity index (χ3v) is 7.24. The van der Waals surface area contributed by atoms with E-state index in [9.17, 15) is 10.1 Å². The Kier molecular flexibility index (Phi) is 7.52. The number of hydrogen-bond donors (Lipinski definition) is 1. The average molecular weight is 567 g/mol. The maximum Gasteiger partial charge on any atom is 0.344 e. The van der Waals surface area contributed by atoms with Crippen LogP contribution in [0.2, 0.25) is 0 Å². The second-order valence-corrected chi connectivity index (χ2v) is 9.80. The highest BCUT2D eigenvalue weighted by Gasteiger charge is 2.21. The number of esters is 1. The van der Waals surface area contributed by atoms with Crippen molar-refractivity contribution in [3.8, 4) is 23.3 Å². The molecule has 0 spiro atoms. The molecule has 0 amide bonds. The van der Waals surface area contributed by atoms with Crippen LogP contribution in [0.5, 0.6) is 5.75 Å². The van der Waals surface area contributed by atoms with Gasteiger partial charge in [0.2, 0.25) is 11.8 Å². The zero-order chi connectivity index (χ0) is 29.1. The van der Waals surface area contributed by atoms with Gasteiger partial charge in [-0.2, -0.15) is 14.8 Å². The first-order valence-corrected chi connectivity index (χ1v) is 13.8. The SMILES string of the molecule is CCOC(=O)COc1ccc(N2CCN(CCn3c(C#N)cc4c3nc(N)n3nc(-c5ccccn5)nc43)CC2)cc1. The largest absolute Gasteiger partial charge is 0.482 e. The number of rotatable bonds is 9. The lowest BCUT2D eigenvalue weighted by Crippen LogP contribution is -2.47. The number of fused-ring (bicyclic) bond motifs is 3. The number of nitriles is 1. The Morgan fingerprint density at radius 2 is 1.86 bits per heavy atom. The van der Waals surface area contributed by atoms with Crippen LogP contribution in [0.1, 0.15) is 12.6 Å². The van der Waals surface area contributed by atoms with Crippen molar-refractivity contribution < 1.29 is 14.3 Å². The molecule has 42 heavy (non-hydrogen) atoms. The first-order valence-electron chi connectivity index (χ1n) is 13.8. The standard InChI is InChI=1S/C29H30N10O3/c1-2-41-25(40)19-42-22-8-6-20(7-9-22)37-14-11-36(12-15-37)13-16-38-21(18-30)17-23-27(38)34-29(31)39-28(23)33-26(35-39)24-5-3-4-10-32-24/h3-10,17H,2,11-16,19H2,1H3,(H2,31,34). The van der Waals surface area contributed by atoms with E-state index in [4.69, 9.17) is 15.2 Å². The zero-order valence-corrected chi connectivity index (χ0v) is 23.2. The van der Waals surface area contributed by atoms with Gasteiger partial charge in [-0.25, -0.2) is 9.78 Å². The molecule has 0 aliphatic carbocycles. The number of carbonyl (C=O) groups is 1. The van der Waals surface area contributed by atoms with Crippen molar-refractivity contribution in [1.29, 1.82) is 5.26 Å². The third-order valence-electron chi connectivity index (χ3n) is 7.24. The molecule has 0 unspecified atom stereocenters. The fraction of sp³-hybridized carbons (Fsp3) is 0.310. The zero-order valence-electron chi connectivity index (χ0n) is 23.2. The van der Waals surface area contributed by atoms with Crippen molar-refractivity contribution >= 4 is 34.3 Å². The Balaban J connectivity index is 1.11. The lowest BCUT2D eigenvalue weighted by molar-refractivity contribution is -0.145. The maximum absolute atomic E-state index is 11.5. The molecule has 1 aliphatic rings. The van der Waals surface area contributed by atoms with E-state index in [1.54, 1.807) is 19.2 Å². The number of hydrogen-bond acceptors (Lipinski definition) is 11. The molecule has 6 rings (SSSR count). The number of nitrogens with two attached hydrogens (primary N) is 1. The molecule has 1 fully saturated rings. The average Bonchev–Trinajstić information content (AvgIpc) is 3.63. The number of nitrogens with zero attached hydrogens (tertiary/aromatic N) is 9. The minimum atomic E-state index is -0.381. The van der Waals surface area contributed by atoms with E-state index in [1.807, 2.05) is 47.0 Å². The van der Waals surface area contributed by atoms with E-state index in [0.29, 0.717) is 47.4 Å². The number of nitrogen functional groups attached to an aromatic ring is 1. The Labute approximate surface area is 241 Å². The number of aromatic nitrogens is 6. The molecular formula is C29H30N10O3. The van der Waals surface area contributed by atoms with Gasteiger partial charge in [0.15, 0.2) is 12.3 Å². The summed E-state index contributed by atoms with van der Waals surface area (Å²) in [7, 11) is 0. The summed E-state index contributed by atoms with van der Waals surface area (Å²) in [6.45, 7) is 6.81. The smallest absolute Gasteiger partial charge is 0.344 e. The minimum Gasteiger partial charge on any atom is -0.482 e. The summed E-state index contributed by atoms with van der Waals surface area (Å²) in [5.41, 5.74) is 9.66. The Morgan fingerprint density at radius 1 is 1.05 bits per heavy atom. The van der Waals surface area contributed by atoms with Crippen molar-refractivity contribution in [2.75, 3.05) is 56.6 Å². The van der Waals surface area contributed by atoms with Crippen molar-refractivity contribution in [3.05, 3.63) is 60.4 Å². The van der Waals surface area contributed by atoms with Gasteiger partial charge in [-0.05, 0) is 49.4 Å². The highest BCUT2D eigenvalue weighted by Crippen LogP contribution is 2.26. The van der Waals surface area contributed by atoms with Crippen LogP contribution in [-0.2, 0) is 16.1 Å². The summed E-state index contributed by atoms with van der Waals surface area (Å²) < 4.78 is 13.8. The summed E-state index contributed by atoms with van der Waals surface area (Å²) >= 11 is 0. The van der Waals surface area contributed by atoms with Crippen molar-refractivity contribution in [1.82, 2.24) is 34.0 Å². The molecule has 4 aromatic heterocycles. The Hall–Kier alpha value is -5.22. The second kappa shape index (κ2) is 11.7. The highest BCUT2D eigenvalue weighted by atomic mass is 16.6. The summed E-state index contributed by atoms with van der Waals surface area (Å²) in [4.78, 5) is 29.8. The molecule has 13 heteroatoms. The van der Waals surface area contributed by atoms with Crippen LogP contribution >= 0.6 is 0 Å². The van der Waals surface area contributed by atoms with Crippen molar-refractivity contribution in [2.45, 2.75) is 13.5 Å². The molecule has 5 aromatic rings. The molecule has 0 saturated carbocycles. The number of anilines is 2. The predicted octanol–water partition coefficient (Wildman–Crippen LogP) is 2.36. The molecule has 0 radical (unpaired) electrons. The van der Waals surface area contributed by atoms with Crippen molar-refractivity contribution in [3.63, 3.8) is 0 Å². The van der Waals surface area contributed by atoms with Gasteiger partial charge < -0.3 is 24.7 Å². The summed E-state index contributed by atoms with van der Waals surface area (Å²) in [6, 6.07) is 17.4. The molecule has 2 N–H and O–H groups in total. The van der Waals surface area contributed by atoms with E-state index < -0.39 is 0 Å². The van der Waals surface area contributed by atoms with E-state index in [1.165, 1.54) is 4.52 Å². The third kappa shape index (κ3) is 5.39. The van der Waals surface area contributed by atoms with Crippen LogP contribution in [0, 0.1) is 11.3 Å². The molecule has 13 nitrogen and oxygen atoms in total. The number of benzene rings is 1.